The number of aromatic nitrogens is 1. The van der Waals surface area contributed by atoms with Gasteiger partial charge in [-0.2, -0.15) is 0 Å². The number of carbonyl (C=O) groups is 2. The van der Waals surface area contributed by atoms with Gasteiger partial charge in [0.2, 0.25) is 0 Å². The zero-order chi connectivity index (χ0) is 28.0. The summed E-state index contributed by atoms with van der Waals surface area (Å²) in [6.45, 7) is 3.37. The molecule has 0 saturated carbocycles. The normalized spacial score (nSPS) is 11.2. The van der Waals surface area contributed by atoms with Crippen LogP contribution in [0.3, 0.4) is 0 Å². The minimum atomic E-state index is 0.00802. The van der Waals surface area contributed by atoms with Gasteiger partial charge in [0.25, 0.3) is 0 Å². The number of hydrogen-bond donors (Lipinski definition) is 3. The third-order valence-corrected chi connectivity index (χ3v) is 6.02. The largest absolute Gasteiger partial charge is 0.494 e. The van der Waals surface area contributed by atoms with Crippen molar-refractivity contribution in [1.82, 2.24) is 10.3 Å². The fraction of sp³-hybridized carbons (Fsp3) is 0.219. The van der Waals surface area contributed by atoms with E-state index >= 15 is 0 Å². The van der Waals surface area contributed by atoms with Crippen LogP contribution in [0.5, 0.6) is 5.88 Å². The molecule has 4 rings (SSSR count). The summed E-state index contributed by atoms with van der Waals surface area (Å²) >= 11 is 0. The number of aromatic amines is 1. The van der Waals surface area contributed by atoms with Crippen LogP contribution in [0.25, 0.3) is 10.9 Å². The van der Waals surface area contributed by atoms with Crippen LogP contribution in [0.4, 0.5) is 5.69 Å². The SMILES string of the molecule is O=CC#Cc1ccc2c(C(=Nc3ccc(CNCCOCCOCCC=O)cc3)c3ccccc3)c(O)[nH]c2c1. The number of nitrogens with one attached hydrogen (secondary N) is 2. The zero-order valence-corrected chi connectivity index (χ0v) is 22.1. The lowest BCUT2D eigenvalue weighted by atomic mass is 10.00. The number of nitrogens with zero attached hydrogens (tertiary/aromatic N) is 1. The van der Waals surface area contributed by atoms with E-state index in [2.05, 4.69) is 22.1 Å². The maximum Gasteiger partial charge on any atom is 0.199 e. The third-order valence-electron chi connectivity index (χ3n) is 6.02. The molecular weight excluding hydrogens is 506 g/mol. The van der Waals surface area contributed by atoms with Crippen molar-refractivity contribution in [2.45, 2.75) is 13.0 Å². The Bertz CT molecular complexity index is 1500. The smallest absolute Gasteiger partial charge is 0.199 e. The first-order valence-electron chi connectivity index (χ1n) is 13.0. The molecule has 0 aliphatic carbocycles. The van der Waals surface area contributed by atoms with E-state index in [1.807, 2.05) is 66.7 Å². The number of rotatable bonds is 14. The molecule has 3 N–H and O–H groups in total. The highest BCUT2D eigenvalue weighted by Crippen LogP contribution is 2.32. The molecule has 8 heteroatoms. The van der Waals surface area contributed by atoms with Gasteiger partial charge in [-0.05, 0) is 35.7 Å². The molecule has 204 valence electrons. The predicted octanol–water partition coefficient (Wildman–Crippen LogP) is 4.30. The van der Waals surface area contributed by atoms with Crippen LogP contribution in [0.2, 0.25) is 0 Å². The number of aldehydes is 2. The number of H-pyrrole nitrogens is 1. The van der Waals surface area contributed by atoms with Crippen molar-refractivity contribution in [3.8, 4) is 17.7 Å². The molecule has 0 bridgehead atoms. The van der Waals surface area contributed by atoms with Crippen molar-refractivity contribution in [1.29, 1.82) is 0 Å². The molecule has 4 aromatic rings. The summed E-state index contributed by atoms with van der Waals surface area (Å²) in [7, 11) is 0. The lowest BCUT2D eigenvalue weighted by Crippen LogP contribution is -2.20. The third kappa shape index (κ3) is 7.98. The topological polar surface area (TPSA) is 113 Å². The molecule has 40 heavy (non-hydrogen) atoms. The summed E-state index contributed by atoms with van der Waals surface area (Å²) in [6.07, 6.45) is 1.80. The minimum Gasteiger partial charge on any atom is -0.494 e. The Balaban J connectivity index is 1.45. The quantitative estimate of drug-likeness (QED) is 0.0957. The van der Waals surface area contributed by atoms with Crippen molar-refractivity contribution in [2.24, 2.45) is 4.99 Å². The second-order valence-electron chi connectivity index (χ2n) is 8.85. The maximum atomic E-state index is 10.9. The minimum absolute atomic E-state index is 0.00802. The average Bonchev–Trinajstić information content (AvgIpc) is 3.31. The lowest BCUT2D eigenvalue weighted by molar-refractivity contribution is -0.109. The van der Waals surface area contributed by atoms with E-state index in [1.54, 1.807) is 6.07 Å². The monoisotopic (exact) mass is 537 g/mol. The Morgan fingerprint density at radius 2 is 1.73 bits per heavy atom. The standard InChI is InChI=1S/C32H31N3O5/c36-16-4-6-24-11-14-28-29(22-24)35-32(38)30(28)31(26-7-2-1-3-8-26)34-27-12-9-25(10-13-27)23-33-15-19-40-21-20-39-18-5-17-37/h1-3,7-14,16-17,22,33,35,38H,5,15,18-21,23H2. The van der Waals surface area contributed by atoms with Crippen LogP contribution < -0.4 is 5.32 Å². The number of carbonyl (C=O) groups excluding carboxylic acids is 2. The molecule has 0 amide bonds. The van der Waals surface area contributed by atoms with E-state index in [4.69, 9.17) is 14.5 Å². The molecule has 8 nitrogen and oxygen atoms in total. The van der Waals surface area contributed by atoms with Crippen molar-refractivity contribution in [3.05, 3.63) is 95.1 Å². The number of benzene rings is 3. The Kier molecular flexibility index (Phi) is 10.8. The molecule has 0 radical (unpaired) electrons. The van der Waals surface area contributed by atoms with Crippen molar-refractivity contribution >= 4 is 34.9 Å². The second kappa shape index (κ2) is 15.1. The lowest BCUT2D eigenvalue weighted by Gasteiger charge is -2.09. The second-order valence-corrected chi connectivity index (χ2v) is 8.85. The van der Waals surface area contributed by atoms with Gasteiger partial charge in [0.05, 0.1) is 48.9 Å². The van der Waals surface area contributed by atoms with E-state index < -0.39 is 0 Å². The first-order chi connectivity index (χ1) is 19.7. The van der Waals surface area contributed by atoms with Gasteiger partial charge in [-0.3, -0.25) is 4.79 Å². The Labute approximate surface area is 233 Å². The van der Waals surface area contributed by atoms with Crippen LogP contribution in [0, 0.1) is 11.8 Å². The summed E-state index contributed by atoms with van der Waals surface area (Å²) in [5.74, 6) is 5.20. The van der Waals surface area contributed by atoms with Gasteiger partial charge >= 0.3 is 0 Å². The summed E-state index contributed by atoms with van der Waals surface area (Å²) in [5, 5.41) is 15.1. The van der Waals surface area contributed by atoms with Gasteiger partial charge in [-0.25, -0.2) is 4.99 Å². The summed E-state index contributed by atoms with van der Waals surface area (Å²) in [4.78, 5) is 28.8. The van der Waals surface area contributed by atoms with E-state index in [0.717, 1.165) is 28.5 Å². The molecular formula is C32H31N3O5. The first-order valence-corrected chi connectivity index (χ1v) is 13.0. The molecule has 3 aromatic carbocycles. The van der Waals surface area contributed by atoms with Gasteiger partial charge in [-0.15, -0.1) is 0 Å². The molecule has 0 fully saturated rings. The molecule has 0 spiro atoms. The average molecular weight is 538 g/mol. The van der Waals surface area contributed by atoms with Crippen molar-refractivity contribution < 1.29 is 24.2 Å². The Morgan fingerprint density at radius 1 is 0.950 bits per heavy atom. The molecule has 0 aliphatic rings. The summed E-state index contributed by atoms with van der Waals surface area (Å²) in [6, 6.07) is 23.1. The number of aliphatic imine (C=N–C) groups is 1. The molecule has 0 aliphatic heterocycles. The highest BCUT2D eigenvalue weighted by atomic mass is 16.5. The molecule has 1 aromatic heterocycles. The van der Waals surface area contributed by atoms with E-state index in [-0.39, 0.29) is 5.88 Å². The van der Waals surface area contributed by atoms with Crippen LogP contribution >= 0.6 is 0 Å². The highest BCUT2D eigenvalue weighted by molar-refractivity contribution is 6.21. The summed E-state index contributed by atoms with van der Waals surface area (Å²) in [5.41, 5.74) is 5.32. The van der Waals surface area contributed by atoms with Crippen LogP contribution in [0.1, 0.15) is 28.7 Å². The predicted molar refractivity (Wildman–Crippen MR) is 155 cm³/mol. The van der Waals surface area contributed by atoms with Gasteiger partial charge in [0, 0.05) is 36.0 Å². The van der Waals surface area contributed by atoms with Gasteiger partial charge < -0.3 is 29.7 Å². The number of hydrogen-bond acceptors (Lipinski definition) is 7. The van der Waals surface area contributed by atoms with Crippen LogP contribution in [-0.2, 0) is 25.6 Å². The van der Waals surface area contributed by atoms with Crippen LogP contribution in [0.15, 0.2) is 77.8 Å². The number of aromatic hydroxyl groups is 1. The maximum absolute atomic E-state index is 10.9. The van der Waals surface area contributed by atoms with E-state index in [9.17, 15) is 14.7 Å². The fourth-order valence-electron chi connectivity index (χ4n) is 4.12. The van der Waals surface area contributed by atoms with Crippen molar-refractivity contribution in [3.63, 3.8) is 0 Å². The first kappa shape index (κ1) is 28.5. The Morgan fingerprint density at radius 3 is 2.48 bits per heavy atom. The summed E-state index contributed by atoms with van der Waals surface area (Å²) < 4.78 is 10.8. The van der Waals surface area contributed by atoms with E-state index in [1.165, 1.54) is 0 Å². The molecule has 0 unspecified atom stereocenters. The highest BCUT2D eigenvalue weighted by Gasteiger charge is 2.18. The zero-order valence-electron chi connectivity index (χ0n) is 22.1. The fourth-order valence-corrected chi connectivity index (χ4v) is 4.12. The number of fused-ring (bicyclic) bond motifs is 1. The molecule has 1 heterocycles. The van der Waals surface area contributed by atoms with Gasteiger partial charge in [-0.1, -0.05) is 54.5 Å². The van der Waals surface area contributed by atoms with Gasteiger partial charge in [0.15, 0.2) is 12.2 Å². The Hall–Kier alpha value is -4.55. The molecule has 0 atom stereocenters. The van der Waals surface area contributed by atoms with Gasteiger partial charge in [0.1, 0.15) is 6.29 Å². The van der Waals surface area contributed by atoms with Crippen molar-refractivity contribution in [2.75, 3.05) is 33.0 Å². The molecule has 0 saturated heterocycles. The van der Waals surface area contributed by atoms with Crippen LogP contribution in [-0.4, -0.2) is 61.3 Å². The van der Waals surface area contributed by atoms with E-state index in [0.29, 0.717) is 74.6 Å². The number of ether oxygens (including phenoxy) is 2.